The lowest BCUT2D eigenvalue weighted by Crippen LogP contribution is -2.32. The van der Waals surface area contributed by atoms with Gasteiger partial charge in [-0.25, -0.2) is 17.2 Å². The van der Waals surface area contributed by atoms with E-state index in [9.17, 15) is 17.2 Å². The number of benzene rings is 1. The van der Waals surface area contributed by atoms with E-state index >= 15 is 0 Å². The van der Waals surface area contributed by atoms with Crippen molar-refractivity contribution < 1.29 is 17.2 Å². The van der Waals surface area contributed by atoms with Crippen LogP contribution in [0.2, 0.25) is 0 Å². The number of rotatable bonds is 9. The molecule has 0 atom stereocenters. The number of sulfonamides is 1. The quantitative estimate of drug-likeness (QED) is 0.740. The number of halogens is 2. The first-order chi connectivity index (χ1) is 11.4. The molecule has 1 heterocycles. The molecule has 24 heavy (non-hydrogen) atoms. The summed E-state index contributed by atoms with van der Waals surface area (Å²) in [6.45, 7) is 0.138. The predicted octanol–water partition coefficient (Wildman–Crippen LogP) is 1.69. The van der Waals surface area contributed by atoms with E-state index in [2.05, 4.69) is 5.10 Å². The van der Waals surface area contributed by atoms with Crippen LogP contribution in [0.15, 0.2) is 47.6 Å². The van der Waals surface area contributed by atoms with Crippen LogP contribution >= 0.6 is 0 Å². The van der Waals surface area contributed by atoms with E-state index in [1.807, 2.05) is 30.3 Å². The molecular weight excluding hydrogens is 338 g/mol. The van der Waals surface area contributed by atoms with E-state index < -0.39 is 23.0 Å². The van der Waals surface area contributed by atoms with Crippen molar-refractivity contribution in [2.24, 2.45) is 5.73 Å². The molecule has 0 aliphatic carbocycles. The fourth-order valence-corrected chi connectivity index (χ4v) is 3.63. The van der Waals surface area contributed by atoms with Crippen molar-refractivity contribution in [1.29, 1.82) is 0 Å². The lowest BCUT2D eigenvalue weighted by molar-refractivity contribution is 0.121. The third-order valence-corrected chi connectivity index (χ3v) is 5.18. The maximum Gasteiger partial charge on any atom is 0.257 e. The van der Waals surface area contributed by atoms with Gasteiger partial charge in [-0.1, -0.05) is 30.3 Å². The van der Waals surface area contributed by atoms with Crippen molar-refractivity contribution in [1.82, 2.24) is 14.1 Å². The number of alkyl halides is 2. The summed E-state index contributed by atoms with van der Waals surface area (Å²) >= 11 is 0. The topological polar surface area (TPSA) is 81.2 Å². The van der Waals surface area contributed by atoms with Crippen molar-refractivity contribution in [3.63, 3.8) is 0 Å². The molecule has 132 valence electrons. The van der Waals surface area contributed by atoms with Gasteiger partial charge in [-0.3, -0.25) is 4.68 Å². The maximum atomic E-state index is 12.8. The molecule has 1 aromatic carbocycles. The largest absolute Gasteiger partial charge is 0.330 e. The molecule has 0 bridgehead atoms. The maximum absolute atomic E-state index is 12.8. The molecule has 2 N–H and O–H groups in total. The van der Waals surface area contributed by atoms with E-state index in [1.54, 1.807) is 0 Å². The van der Waals surface area contributed by atoms with Crippen LogP contribution in [-0.4, -0.2) is 42.0 Å². The molecule has 9 heteroatoms. The van der Waals surface area contributed by atoms with Gasteiger partial charge in [-0.05, 0) is 18.5 Å². The van der Waals surface area contributed by atoms with E-state index in [1.165, 1.54) is 4.31 Å². The van der Waals surface area contributed by atoms with Gasteiger partial charge in [0.1, 0.15) is 11.4 Å². The molecule has 0 aliphatic rings. The average Bonchev–Trinajstić information content (AvgIpc) is 3.00. The van der Waals surface area contributed by atoms with Gasteiger partial charge in [0.2, 0.25) is 10.0 Å². The Hall–Kier alpha value is -1.84. The first-order valence-corrected chi connectivity index (χ1v) is 8.92. The summed E-state index contributed by atoms with van der Waals surface area (Å²) in [5.74, 6) is 0. The molecular formula is C15H20F2N4O2S. The van der Waals surface area contributed by atoms with Crippen LogP contribution in [0.3, 0.4) is 0 Å². The monoisotopic (exact) mass is 358 g/mol. The Morgan fingerprint density at radius 1 is 1.25 bits per heavy atom. The average molecular weight is 358 g/mol. The van der Waals surface area contributed by atoms with Crippen molar-refractivity contribution in [2.45, 2.75) is 30.8 Å². The summed E-state index contributed by atoms with van der Waals surface area (Å²) in [5.41, 5.74) is 6.32. The van der Waals surface area contributed by atoms with Gasteiger partial charge in [0.25, 0.3) is 6.43 Å². The van der Waals surface area contributed by atoms with Crippen LogP contribution in [0.1, 0.15) is 12.0 Å². The molecule has 6 nitrogen and oxygen atoms in total. The number of hydrogen-bond acceptors (Lipinski definition) is 4. The molecule has 0 radical (unpaired) electrons. The van der Waals surface area contributed by atoms with Gasteiger partial charge >= 0.3 is 0 Å². The van der Waals surface area contributed by atoms with Gasteiger partial charge < -0.3 is 5.73 Å². The second-order valence-corrected chi connectivity index (χ2v) is 7.19. The second kappa shape index (κ2) is 8.32. The Morgan fingerprint density at radius 2 is 1.96 bits per heavy atom. The van der Waals surface area contributed by atoms with Gasteiger partial charge in [0.05, 0.1) is 6.20 Å². The minimum Gasteiger partial charge on any atom is -0.330 e. The zero-order valence-electron chi connectivity index (χ0n) is 13.1. The Labute approximate surface area is 139 Å². The predicted molar refractivity (Wildman–Crippen MR) is 85.9 cm³/mol. The lowest BCUT2D eigenvalue weighted by atomic mass is 10.2. The fourth-order valence-electron chi connectivity index (χ4n) is 2.21. The second-order valence-electron chi connectivity index (χ2n) is 5.26. The standard InChI is InChI=1S/C15H20F2N4O2S/c16-15(17)12-20-11-14(9-19-20)24(22,23)21(8-4-7-18)10-13-5-2-1-3-6-13/h1-3,5-6,9,11,15H,4,7-8,10,12,18H2. The number of nitrogens with zero attached hydrogens (tertiary/aromatic N) is 3. The highest BCUT2D eigenvalue weighted by molar-refractivity contribution is 7.89. The number of nitrogens with two attached hydrogens (primary N) is 1. The van der Waals surface area contributed by atoms with Crippen molar-refractivity contribution in [3.05, 3.63) is 48.3 Å². The minimum atomic E-state index is -3.84. The van der Waals surface area contributed by atoms with E-state index in [-0.39, 0.29) is 18.0 Å². The summed E-state index contributed by atoms with van der Waals surface area (Å²) in [6.07, 6.45) is 0.121. The molecule has 2 aromatic rings. The molecule has 1 aromatic heterocycles. The SMILES string of the molecule is NCCCN(Cc1ccccc1)S(=O)(=O)c1cnn(CC(F)F)c1. The van der Waals surface area contributed by atoms with E-state index in [4.69, 9.17) is 5.73 Å². The molecule has 0 unspecified atom stereocenters. The molecule has 0 saturated heterocycles. The Balaban J connectivity index is 2.24. The lowest BCUT2D eigenvalue weighted by Gasteiger charge is -2.21. The third-order valence-electron chi connectivity index (χ3n) is 3.39. The van der Waals surface area contributed by atoms with Crippen LogP contribution in [0.5, 0.6) is 0 Å². The zero-order chi connectivity index (χ0) is 17.6. The van der Waals surface area contributed by atoms with Crippen molar-refractivity contribution >= 4 is 10.0 Å². The van der Waals surface area contributed by atoms with E-state index in [0.717, 1.165) is 22.6 Å². The number of aromatic nitrogens is 2. The highest BCUT2D eigenvalue weighted by Gasteiger charge is 2.26. The Kier molecular flexibility index (Phi) is 6.41. The summed E-state index contributed by atoms with van der Waals surface area (Å²) in [4.78, 5) is -0.101. The van der Waals surface area contributed by atoms with Crippen LogP contribution in [-0.2, 0) is 23.1 Å². The third kappa shape index (κ3) is 4.83. The minimum absolute atomic E-state index is 0.101. The van der Waals surface area contributed by atoms with Gasteiger partial charge in [0.15, 0.2) is 0 Å². The van der Waals surface area contributed by atoms with Gasteiger partial charge in [-0.2, -0.15) is 9.40 Å². The highest BCUT2D eigenvalue weighted by Crippen LogP contribution is 2.18. The molecule has 0 spiro atoms. The normalized spacial score (nSPS) is 12.2. The summed E-state index contributed by atoms with van der Waals surface area (Å²) < 4.78 is 52.6. The first kappa shape index (κ1) is 18.5. The Morgan fingerprint density at radius 3 is 2.58 bits per heavy atom. The first-order valence-electron chi connectivity index (χ1n) is 7.48. The van der Waals surface area contributed by atoms with Crippen molar-refractivity contribution in [3.8, 4) is 0 Å². The molecule has 2 rings (SSSR count). The smallest absolute Gasteiger partial charge is 0.257 e. The van der Waals surface area contributed by atoms with Crippen LogP contribution in [0.4, 0.5) is 8.78 Å². The van der Waals surface area contributed by atoms with Crippen LogP contribution < -0.4 is 5.73 Å². The molecule has 0 amide bonds. The summed E-state index contributed by atoms with van der Waals surface area (Å²) in [6, 6.07) is 9.14. The molecule has 0 saturated carbocycles. The van der Waals surface area contributed by atoms with Crippen molar-refractivity contribution in [2.75, 3.05) is 13.1 Å². The van der Waals surface area contributed by atoms with Crippen LogP contribution in [0.25, 0.3) is 0 Å². The van der Waals surface area contributed by atoms with Gasteiger partial charge in [0, 0.05) is 19.3 Å². The fraction of sp³-hybridized carbons (Fsp3) is 0.400. The summed E-state index contributed by atoms with van der Waals surface area (Å²) in [7, 11) is -3.84. The molecule has 0 fully saturated rings. The molecule has 0 aliphatic heterocycles. The Bertz CT molecular complexity index is 735. The van der Waals surface area contributed by atoms with Crippen LogP contribution in [0, 0.1) is 0 Å². The zero-order valence-corrected chi connectivity index (χ0v) is 13.9. The number of hydrogen-bond donors (Lipinski definition) is 1. The van der Waals surface area contributed by atoms with Gasteiger partial charge in [-0.15, -0.1) is 0 Å². The highest BCUT2D eigenvalue weighted by atomic mass is 32.2. The summed E-state index contributed by atoms with van der Waals surface area (Å²) in [5, 5.41) is 3.70. The van der Waals surface area contributed by atoms with E-state index in [0.29, 0.717) is 13.0 Å².